The van der Waals surface area contributed by atoms with Gasteiger partial charge in [0.05, 0.1) is 11.7 Å². The maximum Gasteiger partial charge on any atom is 0.0628 e. The number of likely N-dealkylation sites (N-methyl/N-ethyl adjacent to an activating group) is 1. The van der Waals surface area contributed by atoms with E-state index in [1.165, 1.54) is 17.0 Å². The van der Waals surface area contributed by atoms with Crippen molar-refractivity contribution in [3.63, 3.8) is 0 Å². The lowest BCUT2D eigenvalue weighted by Gasteiger charge is -2.14. The molecule has 0 aliphatic carbocycles. The molecule has 1 heterocycles. The van der Waals surface area contributed by atoms with Gasteiger partial charge in [0, 0.05) is 12.2 Å². The first-order chi connectivity index (χ1) is 7.11. The van der Waals surface area contributed by atoms with Crippen molar-refractivity contribution in [3.8, 4) is 0 Å². The fraction of sp³-hybridized carbons (Fsp3) is 0.750. The van der Waals surface area contributed by atoms with Crippen molar-refractivity contribution >= 4 is 0 Å². The van der Waals surface area contributed by atoms with Crippen molar-refractivity contribution in [3.05, 3.63) is 17.0 Å². The fourth-order valence-corrected chi connectivity index (χ4v) is 2.08. The van der Waals surface area contributed by atoms with E-state index in [0.717, 1.165) is 19.5 Å². The highest BCUT2D eigenvalue weighted by Crippen LogP contribution is 2.17. The molecule has 0 bridgehead atoms. The lowest BCUT2D eigenvalue weighted by Crippen LogP contribution is -2.24. The molecule has 0 aliphatic rings. The number of hydrogen-bond donors (Lipinski definition) is 1. The molecule has 0 saturated carbocycles. The summed E-state index contributed by atoms with van der Waals surface area (Å²) in [7, 11) is 0. The van der Waals surface area contributed by atoms with Crippen LogP contribution in [0, 0.1) is 13.8 Å². The molecule has 1 aromatic rings. The van der Waals surface area contributed by atoms with Gasteiger partial charge in [-0.3, -0.25) is 4.68 Å². The van der Waals surface area contributed by atoms with Crippen LogP contribution in [0.25, 0.3) is 0 Å². The Labute approximate surface area is 92.9 Å². The van der Waals surface area contributed by atoms with Crippen LogP contribution in [0.3, 0.4) is 0 Å². The summed E-state index contributed by atoms with van der Waals surface area (Å²) in [4.78, 5) is 0. The Morgan fingerprint density at radius 3 is 2.47 bits per heavy atom. The molecule has 0 fully saturated rings. The molecule has 3 nitrogen and oxygen atoms in total. The van der Waals surface area contributed by atoms with Gasteiger partial charge >= 0.3 is 0 Å². The highest BCUT2D eigenvalue weighted by molar-refractivity contribution is 5.24. The third kappa shape index (κ3) is 2.59. The van der Waals surface area contributed by atoms with Crippen LogP contribution in [0.4, 0.5) is 0 Å². The van der Waals surface area contributed by atoms with Gasteiger partial charge < -0.3 is 5.32 Å². The molecule has 0 aliphatic heterocycles. The van der Waals surface area contributed by atoms with Gasteiger partial charge in [0.1, 0.15) is 0 Å². The SMILES string of the molecule is CCNCC(C)n1nc(C)c(CC)c1C. The van der Waals surface area contributed by atoms with E-state index in [1.807, 2.05) is 0 Å². The first-order valence-electron chi connectivity index (χ1n) is 5.87. The average molecular weight is 209 g/mol. The molecule has 0 amide bonds. The van der Waals surface area contributed by atoms with Gasteiger partial charge in [-0.1, -0.05) is 13.8 Å². The number of nitrogens with one attached hydrogen (secondary N) is 1. The van der Waals surface area contributed by atoms with Crippen LogP contribution in [-0.4, -0.2) is 22.9 Å². The van der Waals surface area contributed by atoms with Crippen molar-refractivity contribution in [1.82, 2.24) is 15.1 Å². The largest absolute Gasteiger partial charge is 0.315 e. The van der Waals surface area contributed by atoms with Crippen molar-refractivity contribution < 1.29 is 0 Å². The summed E-state index contributed by atoms with van der Waals surface area (Å²) in [5.74, 6) is 0. The van der Waals surface area contributed by atoms with E-state index in [4.69, 9.17) is 0 Å². The summed E-state index contributed by atoms with van der Waals surface area (Å²) in [6.07, 6.45) is 1.07. The monoisotopic (exact) mass is 209 g/mol. The maximum absolute atomic E-state index is 4.61. The summed E-state index contributed by atoms with van der Waals surface area (Å²) in [5.41, 5.74) is 3.90. The normalized spacial score (nSPS) is 13.1. The quantitative estimate of drug-likeness (QED) is 0.806. The minimum atomic E-state index is 0.434. The van der Waals surface area contributed by atoms with Gasteiger partial charge in [-0.2, -0.15) is 5.10 Å². The smallest absolute Gasteiger partial charge is 0.0628 e. The standard InChI is InChI=1S/C12H23N3/c1-6-12-10(4)14-15(11(12)5)9(3)8-13-7-2/h9,13H,6-8H2,1-5H3. The fourth-order valence-electron chi connectivity index (χ4n) is 2.08. The zero-order chi connectivity index (χ0) is 11.4. The first-order valence-corrected chi connectivity index (χ1v) is 5.87. The highest BCUT2D eigenvalue weighted by Gasteiger charge is 2.13. The van der Waals surface area contributed by atoms with Crippen LogP contribution in [0.1, 0.15) is 43.8 Å². The van der Waals surface area contributed by atoms with Gasteiger partial charge in [0.15, 0.2) is 0 Å². The second-order valence-corrected chi connectivity index (χ2v) is 4.10. The molecule has 86 valence electrons. The summed E-state index contributed by atoms with van der Waals surface area (Å²) in [5, 5.41) is 7.97. The molecular weight excluding hydrogens is 186 g/mol. The van der Waals surface area contributed by atoms with Crippen LogP contribution in [0.2, 0.25) is 0 Å². The predicted octanol–water partition coefficient (Wildman–Crippen LogP) is 2.23. The Hall–Kier alpha value is -0.830. The van der Waals surface area contributed by atoms with E-state index in [1.54, 1.807) is 0 Å². The molecule has 0 aromatic carbocycles. The van der Waals surface area contributed by atoms with Crippen molar-refractivity contribution in [2.45, 2.75) is 47.1 Å². The number of hydrogen-bond acceptors (Lipinski definition) is 2. The third-order valence-electron chi connectivity index (χ3n) is 2.94. The van der Waals surface area contributed by atoms with Gasteiger partial charge in [-0.15, -0.1) is 0 Å². The Kier molecular flexibility index (Phi) is 4.33. The lowest BCUT2D eigenvalue weighted by molar-refractivity contribution is 0.449. The molecule has 1 aromatic heterocycles. The molecular formula is C12H23N3. The second-order valence-electron chi connectivity index (χ2n) is 4.10. The van der Waals surface area contributed by atoms with Crippen LogP contribution in [-0.2, 0) is 6.42 Å². The minimum Gasteiger partial charge on any atom is -0.315 e. The molecule has 3 heteroatoms. The van der Waals surface area contributed by atoms with E-state index >= 15 is 0 Å². The first kappa shape index (κ1) is 12.2. The summed E-state index contributed by atoms with van der Waals surface area (Å²) < 4.78 is 2.15. The minimum absolute atomic E-state index is 0.434. The van der Waals surface area contributed by atoms with Crippen molar-refractivity contribution in [1.29, 1.82) is 0 Å². The van der Waals surface area contributed by atoms with Gasteiger partial charge in [0.2, 0.25) is 0 Å². The summed E-state index contributed by atoms with van der Waals surface area (Å²) in [6.45, 7) is 12.8. The summed E-state index contributed by atoms with van der Waals surface area (Å²) >= 11 is 0. The van der Waals surface area contributed by atoms with Gasteiger partial charge in [-0.05, 0) is 39.3 Å². The van der Waals surface area contributed by atoms with Gasteiger partial charge in [-0.25, -0.2) is 0 Å². The summed E-state index contributed by atoms with van der Waals surface area (Å²) in [6, 6.07) is 0.434. The van der Waals surface area contributed by atoms with E-state index in [0.29, 0.717) is 6.04 Å². The zero-order valence-electron chi connectivity index (χ0n) is 10.6. The molecule has 0 saturated heterocycles. The molecule has 1 unspecified atom stereocenters. The Bertz CT molecular complexity index is 315. The molecule has 15 heavy (non-hydrogen) atoms. The van der Waals surface area contributed by atoms with E-state index in [2.05, 4.69) is 49.7 Å². The maximum atomic E-state index is 4.61. The average Bonchev–Trinajstić information content (AvgIpc) is 2.50. The highest BCUT2D eigenvalue weighted by atomic mass is 15.3. The van der Waals surface area contributed by atoms with Crippen molar-refractivity contribution in [2.24, 2.45) is 0 Å². The Balaban J connectivity index is 2.85. The van der Waals surface area contributed by atoms with E-state index in [-0.39, 0.29) is 0 Å². The Morgan fingerprint density at radius 2 is 2.00 bits per heavy atom. The second kappa shape index (κ2) is 5.31. The molecule has 0 spiro atoms. The number of aromatic nitrogens is 2. The molecule has 1 rings (SSSR count). The number of aryl methyl sites for hydroxylation is 1. The van der Waals surface area contributed by atoms with Crippen molar-refractivity contribution in [2.75, 3.05) is 13.1 Å². The van der Waals surface area contributed by atoms with E-state index in [9.17, 15) is 0 Å². The molecule has 1 N–H and O–H groups in total. The Morgan fingerprint density at radius 1 is 1.33 bits per heavy atom. The molecule has 0 radical (unpaired) electrons. The molecule has 1 atom stereocenters. The number of nitrogens with zero attached hydrogens (tertiary/aromatic N) is 2. The number of rotatable bonds is 5. The van der Waals surface area contributed by atoms with Crippen LogP contribution >= 0.6 is 0 Å². The zero-order valence-corrected chi connectivity index (χ0v) is 10.6. The van der Waals surface area contributed by atoms with Gasteiger partial charge in [0.25, 0.3) is 0 Å². The predicted molar refractivity (Wildman–Crippen MR) is 64.3 cm³/mol. The van der Waals surface area contributed by atoms with Crippen LogP contribution in [0.15, 0.2) is 0 Å². The lowest BCUT2D eigenvalue weighted by atomic mass is 10.1. The van der Waals surface area contributed by atoms with Crippen LogP contribution < -0.4 is 5.32 Å². The van der Waals surface area contributed by atoms with E-state index < -0.39 is 0 Å². The topological polar surface area (TPSA) is 29.9 Å². The van der Waals surface area contributed by atoms with Crippen LogP contribution in [0.5, 0.6) is 0 Å². The third-order valence-corrected chi connectivity index (χ3v) is 2.94.